The van der Waals surface area contributed by atoms with Crippen LogP contribution in [0.15, 0.2) is 18.3 Å². The molecule has 0 radical (unpaired) electrons. The van der Waals surface area contributed by atoms with Crippen molar-refractivity contribution < 1.29 is 32.6 Å². The zero-order valence-corrected chi connectivity index (χ0v) is 11.6. The zero-order valence-electron chi connectivity index (χ0n) is 11.6. The Balaban J connectivity index is 0.000000486. The Hall–Kier alpha value is -2.03. The van der Waals surface area contributed by atoms with Crippen molar-refractivity contribution in [1.29, 1.82) is 0 Å². The molecular weight excluding hydrogens is 293 g/mol. The SMILES string of the molecule is CCOC(=O)c1cccn1CC(C)N.O=C(O)C(F)(F)F. The smallest absolute Gasteiger partial charge is 0.475 e. The molecule has 1 unspecified atom stereocenters. The predicted octanol–water partition coefficient (Wildman–Crippen LogP) is 1.65. The molecule has 0 saturated carbocycles. The number of hydrogen-bond acceptors (Lipinski definition) is 4. The summed E-state index contributed by atoms with van der Waals surface area (Å²) in [5.74, 6) is -3.05. The van der Waals surface area contributed by atoms with Crippen LogP contribution in [0.3, 0.4) is 0 Å². The molecule has 1 aromatic rings. The summed E-state index contributed by atoms with van der Waals surface area (Å²) in [4.78, 5) is 20.3. The summed E-state index contributed by atoms with van der Waals surface area (Å²) in [5, 5.41) is 7.12. The van der Waals surface area contributed by atoms with E-state index in [0.29, 0.717) is 18.8 Å². The van der Waals surface area contributed by atoms with Gasteiger partial charge in [-0.05, 0) is 26.0 Å². The van der Waals surface area contributed by atoms with Gasteiger partial charge in [-0.15, -0.1) is 0 Å². The Bertz CT molecular complexity index is 469. The zero-order chi connectivity index (χ0) is 16.6. The number of aromatic nitrogens is 1. The van der Waals surface area contributed by atoms with Gasteiger partial charge < -0.3 is 20.1 Å². The highest BCUT2D eigenvalue weighted by Gasteiger charge is 2.38. The summed E-state index contributed by atoms with van der Waals surface area (Å²) in [6.07, 6.45) is -3.25. The maximum Gasteiger partial charge on any atom is 0.490 e. The summed E-state index contributed by atoms with van der Waals surface area (Å²) in [5.41, 5.74) is 6.21. The second kappa shape index (κ2) is 8.30. The monoisotopic (exact) mass is 310 g/mol. The lowest BCUT2D eigenvalue weighted by atomic mass is 10.3. The van der Waals surface area contributed by atoms with Gasteiger partial charge in [0.15, 0.2) is 0 Å². The molecule has 0 bridgehead atoms. The van der Waals surface area contributed by atoms with Crippen LogP contribution < -0.4 is 5.73 Å². The summed E-state index contributed by atoms with van der Waals surface area (Å²) in [6.45, 7) is 4.70. The minimum atomic E-state index is -5.08. The number of carboxylic acids is 1. The van der Waals surface area contributed by atoms with Gasteiger partial charge in [-0.25, -0.2) is 9.59 Å². The fourth-order valence-electron chi connectivity index (χ4n) is 1.27. The summed E-state index contributed by atoms with van der Waals surface area (Å²) >= 11 is 0. The van der Waals surface area contributed by atoms with E-state index in [1.807, 2.05) is 23.8 Å². The second-order valence-corrected chi connectivity index (χ2v) is 4.05. The number of ether oxygens (including phenoxy) is 1. The van der Waals surface area contributed by atoms with Gasteiger partial charge in [0.05, 0.1) is 6.61 Å². The van der Waals surface area contributed by atoms with Crippen LogP contribution in [0.2, 0.25) is 0 Å². The van der Waals surface area contributed by atoms with Crippen molar-refractivity contribution in [2.24, 2.45) is 5.73 Å². The maximum absolute atomic E-state index is 11.4. The standard InChI is InChI=1S/C10H16N2O2.C2HF3O2/c1-3-14-10(13)9-5-4-6-12(9)7-8(2)11;3-2(4,5)1(6)7/h4-6,8H,3,7,11H2,1-2H3;(H,6,7). The van der Waals surface area contributed by atoms with Crippen molar-refractivity contribution >= 4 is 11.9 Å². The van der Waals surface area contributed by atoms with Crippen molar-refractivity contribution in [2.75, 3.05) is 6.61 Å². The van der Waals surface area contributed by atoms with E-state index in [2.05, 4.69) is 0 Å². The van der Waals surface area contributed by atoms with Crippen LogP contribution in [-0.4, -0.2) is 40.4 Å². The first-order valence-corrected chi connectivity index (χ1v) is 5.97. The number of rotatable bonds is 4. The van der Waals surface area contributed by atoms with Gasteiger partial charge >= 0.3 is 18.1 Å². The second-order valence-electron chi connectivity index (χ2n) is 4.05. The van der Waals surface area contributed by atoms with Crippen LogP contribution in [0.5, 0.6) is 0 Å². The van der Waals surface area contributed by atoms with Gasteiger partial charge in [0.1, 0.15) is 5.69 Å². The van der Waals surface area contributed by atoms with Gasteiger partial charge in [0.25, 0.3) is 0 Å². The molecule has 120 valence electrons. The molecule has 1 atom stereocenters. The van der Waals surface area contributed by atoms with Crippen molar-refractivity contribution in [3.8, 4) is 0 Å². The lowest BCUT2D eigenvalue weighted by Crippen LogP contribution is -2.24. The Morgan fingerprint density at radius 1 is 1.48 bits per heavy atom. The summed E-state index contributed by atoms with van der Waals surface area (Å²) < 4.78 is 38.5. The van der Waals surface area contributed by atoms with Gasteiger partial charge in [0, 0.05) is 18.8 Å². The molecule has 1 rings (SSSR count). The topological polar surface area (TPSA) is 94.5 Å². The number of aliphatic carboxylic acids is 1. The molecule has 1 aromatic heterocycles. The first-order valence-electron chi connectivity index (χ1n) is 5.97. The maximum atomic E-state index is 11.4. The minimum Gasteiger partial charge on any atom is -0.475 e. The number of halogens is 3. The van der Waals surface area contributed by atoms with Crippen molar-refractivity contribution in [3.63, 3.8) is 0 Å². The van der Waals surface area contributed by atoms with Crippen LogP contribution in [0.25, 0.3) is 0 Å². The highest BCUT2D eigenvalue weighted by molar-refractivity contribution is 5.87. The van der Waals surface area contributed by atoms with Crippen LogP contribution in [0.4, 0.5) is 13.2 Å². The molecule has 3 N–H and O–H groups in total. The normalized spacial score (nSPS) is 12.1. The van der Waals surface area contributed by atoms with E-state index in [9.17, 15) is 18.0 Å². The first-order chi connectivity index (χ1) is 9.59. The first kappa shape index (κ1) is 19.0. The fraction of sp³-hybridized carbons (Fsp3) is 0.500. The van der Waals surface area contributed by atoms with E-state index >= 15 is 0 Å². The molecule has 1 heterocycles. The van der Waals surface area contributed by atoms with Crippen molar-refractivity contribution in [2.45, 2.75) is 32.6 Å². The van der Waals surface area contributed by atoms with Gasteiger partial charge in [-0.1, -0.05) is 0 Å². The van der Waals surface area contributed by atoms with Crippen molar-refractivity contribution in [1.82, 2.24) is 4.57 Å². The molecular formula is C12H17F3N2O4. The largest absolute Gasteiger partial charge is 0.490 e. The van der Waals surface area contributed by atoms with Crippen LogP contribution >= 0.6 is 0 Å². The summed E-state index contributed by atoms with van der Waals surface area (Å²) in [6, 6.07) is 3.57. The number of alkyl halides is 3. The molecule has 0 aliphatic heterocycles. The molecule has 0 aliphatic carbocycles. The average Bonchev–Trinajstić information content (AvgIpc) is 2.76. The van der Waals surface area contributed by atoms with Crippen molar-refractivity contribution in [3.05, 3.63) is 24.0 Å². The van der Waals surface area contributed by atoms with E-state index in [4.69, 9.17) is 20.4 Å². The quantitative estimate of drug-likeness (QED) is 0.825. The molecule has 0 saturated heterocycles. The third kappa shape index (κ3) is 7.35. The highest BCUT2D eigenvalue weighted by atomic mass is 19.4. The third-order valence-electron chi connectivity index (χ3n) is 2.04. The minimum absolute atomic E-state index is 0.0237. The molecule has 0 amide bonds. The third-order valence-corrected chi connectivity index (χ3v) is 2.04. The Labute approximate surface area is 119 Å². The Morgan fingerprint density at radius 3 is 2.38 bits per heavy atom. The van der Waals surface area contributed by atoms with Crippen LogP contribution in [0.1, 0.15) is 24.3 Å². The predicted molar refractivity (Wildman–Crippen MR) is 67.7 cm³/mol. The van der Waals surface area contributed by atoms with Crippen LogP contribution in [0, 0.1) is 0 Å². The number of nitrogens with two attached hydrogens (primary N) is 1. The van der Waals surface area contributed by atoms with E-state index in [1.165, 1.54) is 0 Å². The molecule has 21 heavy (non-hydrogen) atoms. The number of hydrogen-bond donors (Lipinski definition) is 2. The fourth-order valence-corrected chi connectivity index (χ4v) is 1.27. The lowest BCUT2D eigenvalue weighted by molar-refractivity contribution is -0.192. The molecule has 9 heteroatoms. The average molecular weight is 310 g/mol. The number of carbonyl (C=O) groups excluding carboxylic acids is 1. The lowest BCUT2D eigenvalue weighted by Gasteiger charge is -2.10. The molecule has 0 aliphatic rings. The highest BCUT2D eigenvalue weighted by Crippen LogP contribution is 2.13. The Morgan fingerprint density at radius 2 is 2.00 bits per heavy atom. The molecule has 6 nitrogen and oxygen atoms in total. The summed E-state index contributed by atoms with van der Waals surface area (Å²) in [7, 11) is 0. The Kier molecular flexibility index (Phi) is 7.50. The van der Waals surface area contributed by atoms with E-state index < -0.39 is 12.1 Å². The molecule has 0 fully saturated rings. The number of carbonyl (C=O) groups is 2. The number of esters is 1. The van der Waals surface area contributed by atoms with E-state index in [0.717, 1.165) is 0 Å². The van der Waals surface area contributed by atoms with E-state index in [1.54, 1.807) is 13.0 Å². The van der Waals surface area contributed by atoms with Gasteiger partial charge in [-0.2, -0.15) is 13.2 Å². The van der Waals surface area contributed by atoms with Crippen LogP contribution in [-0.2, 0) is 16.1 Å². The van der Waals surface area contributed by atoms with Gasteiger partial charge in [-0.3, -0.25) is 0 Å². The number of nitrogens with zero attached hydrogens (tertiary/aromatic N) is 1. The number of carboxylic acid groups (broad SMARTS) is 1. The molecule has 0 spiro atoms. The van der Waals surface area contributed by atoms with Gasteiger partial charge in [0.2, 0.25) is 0 Å². The van der Waals surface area contributed by atoms with E-state index in [-0.39, 0.29) is 12.0 Å². The molecule has 0 aromatic carbocycles.